The fourth-order valence-corrected chi connectivity index (χ4v) is 3.08. The van der Waals surface area contributed by atoms with E-state index in [0.717, 1.165) is 5.56 Å². The van der Waals surface area contributed by atoms with Crippen molar-refractivity contribution in [1.29, 1.82) is 5.53 Å². The molecule has 10 N–H and O–H groups in total. The van der Waals surface area contributed by atoms with E-state index < -0.39 is 17.9 Å². The Balaban J connectivity index is 0.000000708. The molecule has 3 aromatic rings. The summed E-state index contributed by atoms with van der Waals surface area (Å²) in [7, 11) is 1.45. The molecule has 0 fully saturated rings. The van der Waals surface area contributed by atoms with E-state index in [4.69, 9.17) is 11.3 Å². The molecule has 40 heavy (non-hydrogen) atoms. The number of nitrogens with one attached hydrogen (secondary N) is 5. The normalized spacial score (nSPS) is 11.4. The molecule has 0 bridgehead atoms. The first kappa shape index (κ1) is 30.3. The first-order chi connectivity index (χ1) is 19.2. The Bertz CT molecular complexity index is 1450. The van der Waals surface area contributed by atoms with Crippen molar-refractivity contribution in [2.75, 3.05) is 18.1 Å². The van der Waals surface area contributed by atoms with Crippen molar-refractivity contribution in [2.24, 2.45) is 32.0 Å². The molecular weight excluding hydrogens is 528 g/mol. The van der Waals surface area contributed by atoms with Crippen LogP contribution >= 0.6 is 0 Å². The summed E-state index contributed by atoms with van der Waals surface area (Å²) >= 11 is 0. The van der Waals surface area contributed by atoms with Gasteiger partial charge in [0.1, 0.15) is 6.04 Å². The minimum absolute atomic E-state index is 0.00358. The number of nitrogens with zero attached hydrogens (tertiary/aromatic N) is 7. The highest BCUT2D eigenvalue weighted by molar-refractivity contribution is 5.97. The lowest BCUT2D eigenvalue weighted by Gasteiger charge is -2.14. The number of hydrogen-bond donors (Lipinski definition) is 8. The van der Waals surface area contributed by atoms with E-state index in [1.165, 1.54) is 7.05 Å². The maximum atomic E-state index is 12.4. The molecule has 0 aliphatic heterocycles. The number of aliphatic carboxylic acids is 1. The van der Waals surface area contributed by atoms with E-state index in [0.29, 0.717) is 17.6 Å². The van der Waals surface area contributed by atoms with Gasteiger partial charge in [0.25, 0.3) is 11.5 Å². The number of nitrogen functional groups attached to an aromatic ring is 1. The van der Waals surface area contributed by atoms with Crippen LogP contribution in [0.25, 0.3) is 11.0 Å². The second-order valence-corrected chi connectivity index (χ2v) is 7.66. The minimum Gasteiger partial charge on any atom is -0.480 e. The third kappa shape index (κ3) is 9.53. The van der Waals surface area contributed by atoms with Crippen molar-refractivity contribution in [1.82, 2.24) is 25.6 Å². The molecule has 1 aromatic carbocycles. The van der Waals surface area contributed by atoms with Gasteiger partial charge >= 0.3 is 5.97 Å². The van der Waals surface area contributed by atoms with Crippen LogP contribution in [0.2, 0.25) is 0 Å². The van der Waals surface area contributed by atoms with Gasteiger partial charge in [0.05, 0.1) is 5.39 Å². The molecule has 2 heterocycles. The SMILES string of the molecule is CNC(=O)CCC(NC(=O)c1ccc(NCc2cnc3nc(N)[nH]c(=O)c3c2)cc1)C(=O)O.N=N/N=N/N=N/N. The number of carbonyl (C=O) groups excluding carboxylic acids is 2. The lowest BCUT2D eigenvalue weighted by Crippen LogP contribution is -2.41. The Kier molecular flexibility index (Phi) is 11.7. The zero-order chi connectivity index (χ0) is 29.5. The number of aromatic amines is 1. The molecular formula is C21H26N14O5. The van der Waals surface area contributed by atoms with E-state index in [-0.39, 0.29) is 41.5 Å². The number of nitrogens with two attached hydrogens (primary N) is 2. The topological polar surface area (TPSA) is 304 Å². The van der Waals surface area contributed by atoms with Crippen LogP contribution in [0, 0.1) is 5.53 Å². The molecule has 0 aliphatic rings. The Labute approximate surface area is 225 Å². The molecule has 3 rings (SSSR count). The number of pyridine rings is 1. The average Bonchev–Trinajstić information content (AvgIpc) is 2.94. The zero-order valence-corrected chi connectivity index (χ0v) is 21.0. The Morgan fingerprint density at radius 3 is 2.52 bits per heavy atom. The van der Waals surface area contributed by atoms with E-state index in [2.05, 4.69) is 62.9 Å². The molecule has 19 nitrogen and oxygen atoms in total. The van der Waals surface area contributed by atoms with Crippen molar-refractivity contribution in [3.05, 3.63) is 58.0 Å². The van der Waals surface area contributed by atoms with Gasteiger partial charge in [0.2, 0.25) is 11.9 Å². The number of carbonyl (C=O) groups is 3. The maximum Gasteiger partial charge on any atom is 0.326 e. The zero-order valence-electron chi connectivity index (χ0n) is 21.0. The summed E-state index contributed by atoms with van der Waals surface area (Å²) in [5, 5.41) is 31.1. The number of amides is 2. The largest absolute Gasteiger partial charge is 0.480 e. The van der Waals surface area contributed by atoms with Crippen LogP contribution in [-0.4, -0.2) is 50.9 Å². The predicted molar refractivity (Wildman–Crippen MR) is 140 cm³/mol. The van der Waals surface area contributed by atoms with Gasteiger partial charge in [-0.2, -0.15) is 10.5 Å². The summed E-state index contributed by atoms with van der Waals surface area (Å²) in [5.74, 6) is 2.38. The standard InChI is InChI=1S/C21H23N7O5.H3N7/c1-23-16(29)7-6-15(20(32)33)26-18(30)12-2-4-13(5-3-12)24-9-11-8-14-17(25-10-11)27-21(22)28-19(14)31;1-3-5-7-6-4-2/h2-5,8,10,15,24H,6-7,9H2,1H3,(H,23,29)(H,26,30)(H,32,33)(H3,22,25,27,28,31);(H3,1,2,5,6). The van der Waals surface area contributed by atoms with Gasteiger partial charge in [-0.15, -0.1) is 0 Å². The molecule has 0 aliphatic carbocycles. The predicted octanol–water partition coefficient (Wildman–Crippen LogP) is 0.847. The van der Waals surface area contributed by atoms with Gasteiger partial charge in [-0.25, -0.2) is 9.78 Å². The van der Waals surface area contributed by atoms with Crippen LogP contribution < -0.4 is 33.1 Å². The van der Waals surface area contributed by atoms with Crippen molar-refractivity contribution < 1.29 is 19.5 Å². The monoisotopic (exact) mass is 554 g/mol. The first-order valence-corrected chi connectivity index (χ1v) is 11.3. The van der Waals surface area contributed by atoms with E-state index in [1.807, 2.05) is 0 Å². The van der Waals surface area contributed by atoms with Crippen molar-refractivity contribution in [3.8, 4) is 0 Å². The highest BCUT2D eigenvalue weighted by Gasteiger charge is 2.21. The third-order valence-electron chi connectivity index (χ3n) is 5.00. The average molecular weight is 555 g/mol. The van der Waals surface area contributed by atoms with Crippen LogP contribution in [0.5, 0.6) is 0 Å². The van der Waals surface area contributed by atoms with Gasteiger partial charge in [-0.05, 0) is 63.2 Å². The van der Waals surface area contributed by atoms with E-state index in [9.17, 15) is 24.3 Å². The molecule has 2 amide bonds. The second-order valence-electron chi connectivity index (χ2n) is 7.66. The Morgan fingerprint density at radius 1 is 1.18 bits per heavy atom. The maximum absolute atomic E-state index is 12.4. The van der Waals surface area contributed by atoms with Crippen LogP contribution in [0.15, 0.2) is 67.4 Å². The van der Waals surface area contributed by atoms with Crippen molar-refractivity contribution in [3.63, 3.8) is 0 Å². The molecule has 0 saturated carbocycles. The van der Waals surface area contributed by atoms with Crippen LogP contribution in [0.4, 0.5) is 11.6 Å². The summed E-state index contributed by atoms with van der Waals surface area (Å²) in [6.07, 6.45) is 1.54. The molecule has 0 spiro atoms. The summed E-state index contributed by atoms with van der Waals surface area (Å²) in [4.78, 5) is 57.7. The molecule has 2 aromatic heterocycles. The number of rotatable bonds is 11. The molecule has 1 atom stereocenters. The number of H-pyrrole nitrogens is 1. The smallest absolute Gasteiger partial charge is 0.326 e. The minimum atomic E-state index is -1.22. The van der Waals surface area contributed by atoms with Crippen LogP contribution in [-0.2, 0) is 16.1 Å². The number of carboxylic acid groups (broad SMARTS) is 1. The number of aromatic nitrogens is 3. The first-order valence-electron chi connectivity index (χ1n) is 11.3. The Morgan fingerprint density at radius 2 is 1.90 bits per heavy atom. The summed E-state index contributed by atoms with van der Waals surface area (Å²) in [5.41, 5.74) is 13.1. The van der Waals surface area contributed by atoms with Crippen LogP contribution in [0.1, 0.15) is 28.8 Å². The van der Waals surface area contributed by atoms with Crippen LogP contribution in [0.3, 0.4) is 0 Å². The summed E-state index contributed by atoms with van der Waals surface area (Å²) in [6.45, 7) is 0.360. The van der Waals surface area contributed by atoms with Gasteiger partial charge in [0.15, 0.2) is 5.65 Å². The van der Waals surface area contributed by atoms with Gasteiger partial charge in [0, 0.05) is 37.5 Å². The fourth-order valence-electron chi connectivity index (χ4n) is 3.08. The molecule has 0 saturated heterocycles. The van der Waals surface area contributed by atoms with Crippen molar-refractivity contribution in [2.45, 2.75) is 25.4 Å². The van der Waals surface area contributed by atoms with E-state index >= 15 is 0 Å². The fraction of sp³-hybridized carbons (Fsp3) is 0.238. The lowest BCUT2D eigenvalue weighted by atomic mass is 10.1. The summed E-state index contributed by atoms with van der Waals surface area (Å²) < 4.78 is 0. The highest BCUT2D eigenvalue weighted by Crippen LogP contribution is 2.13. The number of benzene rings is 1. The second kappa shape index (κ2) is 15.4. The molecule has 19 heteroatoms. The quantitative estimate of drug-likeness (QED) is 0.0937. The summed E-state index contributed by atoms with van der Waals surface area (Å²) in [6, 6.07) is 6.91. The Hall–Kier alpha value is -5.88. The van der Waals surface area contributed by atoms with Gasteiger partial charge in [-0.1, -0.05) is 5.22 Å². The lowest BCUT2D eigenvalue weighted by molar-refractivity contribution is -0.139. The third-order valence-corrected chi connectivity index (χ3v) is 5.00. The number of hydrogen-bond acceptors (Lipinski definition) is 10. The van der Waals surface area contributed by atoms with E-state index in [1.54, 1.807) is 36.5 Å². The van der Waals surface area contributed by atoms with Crippen molar-refractivity contribution >= 4 is 40.5 Å². The van der Waals surface area contributed by atoms with Gasteiger partial charge < -0.3 is 32.6 Å². The number of anilines is 2. The molecule has 0 radical (unpaired) electrons. The molecule has 210 valence electrons. The number of fused-ring (bicyclic) bond motifs is 1. The number of carboxylic acids is 1. The molecule has 1 unspecified atom stereocenters. The van der Waals surface area contributed by atoms with Gasteiger partial charge in [-0.3, -0.25) is 19.4 Å². The highest BCUT2D eigenvalue weighted by atomic mass is 16.4.